The van der Waals surface area contributed by atoms with Gasteiger partial charge in [0.2, 0.25) is 10.0 Å². The largest absolute Gasteiger partial charge is 0.274 e. The smallest absolute Gasteiger partial charge is 0.228 e. The SMILES string of the molecule is NS(=O)(=O)[C@H]1c2c(F)ccc(F)c2CC1(F)F. The third-order valence-corrected chi connectivity index (χ3v) is 3.87. The third kappa shape index (κ3) is 1.81. The van der Waals surface area contributed by atoms with Gasteiger partial charge in [0, 0.05) is 17.5 Å². The first-order chi connectivity index (χ1) is 7.64. The molecule has 94 valence electrons. The van der Waals surface area contributed by atoms with E-state index in [1.807, 2.05) is 0 Å². The lowest BCUT2D eigenvalue weighted by molar-refractivity contribution is 0.00667. The van der Waals surface area contributed by atoms with Gasteiger partial charge in [-0.3, -0.25) is 0 Å². The first kappa shape index (κ1) is 12.3. The maximum absolute atomic E-state index is 13.5. The molecule has 8 heteroatoms. The van der Waals surface area contributed by atoms with Gasteiger partial charge in [0.05, 0.1) is 0 Å². The van der Waals surface area contributed by atoms with Crippen molar-refractivity contribution in [3.63, 3.8) is 0 Å². The van der Waals surface area contributed by atoms with Crippen molar-refractivity contribution in [2.75, 3.05) is 0 Å². The second kappa shape index (κ2) is 3.42. The normalized spacial score (nSPS) is 22.5. The summed E-state index contributed by atoms with van der Waals surface area (Å²) in [7, 11) is -4.72. The van der Waals surface area contributed by atoms with E-state index in [-0.39, 0.29) is 0 Å². The summed E-state index contributed by atoms with van der Waals surface area (Å²) in [6, 6.07) is 1.28. The first-order valence-corrected chi connectivity index (χ1v) is 6.12. The second-order valence-corrected chi connectivity index (χ2v) is 5.48. The molecule has 1 aromatic carbocycles. The van der Waals surface area contributed by atoms with Crippen LogP contribution in [0, 0.1) is 11.6 Å². The lowest BCUT2D eigenvalue weighted by atomic mass is 10.1. The summed E-state index contributed by atoms with van der Waals surface area (Å²) in [4.78, 5) is 0. The Balaban J connectivity index is 2.77. The molecule has 3 nitrogen and oxygen atoms in total. The average Bonchev–Trinajstić information content (AvgIpc) is 2.43. The molecule has 0 amide bonds. The van der Waals surface area contributed by atoms with Crippen LogP contribution >= 0.6 is 0 Å². The van der Waals surface area contributed by atoms with Crippen molar-refractivity contribution < 1.29 is 26.0 Å². The Bertz CT molecular complexity index is 585. The van der Waals surface area contributed by atoms with Crippen molar-refractivity contribution >= 4 is 10.0 Å². The Morgan fingerprint density at radius 2 is 1.76 bits per heavy atom. The zero-order valence-electron chi connectivity index (χ0n) is 8.25. The molecule has 1 aliphatic rings. The Labute approximate surface area is 94.3 Å². The van der Waals surface area contributed by atoms with Gasteiger partial charge in [-0.2, -0.15) is 0 Å². The van der Waals surface area contributed by atoms with Crippen LogP contribution in [0.5, 0.6) is 0 Å². The first-order valence-electron chi connectivity index (χ1n) is 4.51. The third-order valence-electron chi connectivity index (χ3n) is 2.63. The fraction of sp³-hybridized carbons (Fsp3) is 0.333. The minimum atomic E-state index is -4.72. The van der Waals surface area contributed by atoms with Crippen LogP contribution in [-0.4, -0.2) is 14.3 Å². The number of rotatable bonds is 1. The standard InChI is InChI=1S/C9H7F4NO2S/c10-5-1-2-6(11)7-4(5)3-9(12,13)8(7)17(14,15)16/h1-2,8H,3H2,(H2,14,15,16)/t8-/m0/s1. The molecular formula is C9H7F4NO2S. The van der Waals surface area contributed by atoms with E-state index in [0.717, 1.165) is 0 Å². The Kier molecular flexibility index (Phi) is 2.48. The number of sulfonamides is 1. The lowest BCUT2D eigenvalue weighted by Gasteiger charge is -2.17. The van der Waals surface area contributed by atoms with E-state index in [1.165, 1.54) is 0 Å². The summed E-state index contributed by atoms with van der Waals surface area (Å²) in [6.07, 6.45) is -1.17. The van der Waals surface area contributed by atoms with Crippen LogP contribution in [0.3, 0.4) is 0 Å². The van der Waals surface area contributed by atoms with Gasteiger partial charge in [0.1, 0.15) is 11.6 Å². The number of hydrogen-bond acceptors (Lipinski definition) is 2. The molecule has 0 heterocycles. The highest BCUT2D eigenvalue weighted by Gasteiger charge is 2.55. The predicted molar refractivity (Wildman–Crippen MR) is 50.9 cm³/mol. The second-order valence-electron chi connectivity index (χ2n) is 3.83. The van der Waals surface area contributed by atoms with Crippen molar-refractivity contribution in [3.05, 3.63) is 34.9 Å². The van der Waals surface area contributed by atoms with Crippen molar-refractivity contribution in [1.29, 1.82) is 0 Å². The molecule has 0 saturated carbocycles. The number of nitrogens with two attached hydrogens (primary N) is 1. The number of halogens is 4. The summed E-state index contributed by atoms with van der Waals surface area (Å²) in [5.74, 6) is -6.07. The predicted octanol–water partition coefficient (Wildman–Crippen LogP) is 1.49. The van der Waals surface area contributed by atoms with Crippen LogP contribution in [0.25, 0.3) is 0 Å². The molecule has 2 rings (SSSR count). The van der Waals surface area contributed by atoms with Gasteiger partial charge < -0.3 is 0 Å². The zero-order chi connectivity index (χ0) is 13.0. The quantitative estimate of drug-likeness (QED) is 0.785. The van der Waals surface area contributed by atoms with Crippen molar-refractivity contribution in [2.45, 2.75) is 17.6 Å². The minimum Gasteiger partial charge on any atom is -0.228 e. The topological polar surface area (TPSA) is 60.2 Å². The summed E-state index contributed by atoms with van der Waals surface area (Å²) >= 11 is 0. The van der Waals surface area contributed by atoms with Crippen LogP contribution in [0.1, 0.15) is 16.4 Å². The van der Waals surface area contributed by atoms with E-state index >= 15 is 0 Å². The van der Waals surface area contributed by atoms with E-state index < -0.39 is 50.4 Å². The van der Waals surface area contributed by atoms with Gasteiger partial charge in [-0.15, -0.1) is 0 Å². The number of fused-ring (bicyclic) bond motifs is 1. The maximum atomic E-state index is 13.5. The van der Waals surface area contributed by atoms with Crippen LogP contribution in [0.2, 0.25) is 0 Å². The molecule has 17 heavy (non-hydrogen) atoms. The van der Waals surface area contributed by atoms with Gasteiger partial charge >= 0.3 is 0 Å². The van der Waals surface area contributed by atoms with Crippen molar-refractivity contribution in [2.24, 2.45) is 5.14 Å². The van der Waals surface area contributed by atoms with E-state index in [4.69, 9.17) is 0 Å². The summed E-state index contributed by atoms with van der Waals surface area (Å²) in [6.45, 7) is 0. The van der Waals surface area contributed by atoms with Gasteiger partial charge in [-0.1, -0.05) is 0 Å². The Morgan fingerprint density at radius 1 is 1.24 bits per heavy atom. The van der Waals surface area contributed by atoms with Gasteiger partial charge in [0.25, 0.3) is 5.92 Å². The molecule has 0 spiro atoms. The monoisotopic (exact) mass is 269 g/mol. The van der Waals surface area contributed by atoms with Crippen molar-refractivity contribution in [1.82, 2.24) is 0 Å². The highest BCUT2D eigenvalue weighted by molar-refractivity contribution is 7.89. The molecular weight excluding hydrogens is 262 g/mol. The number of primary sulfonamides is 1. The summed E-state index contributed by atoms with van der Waals surface area (Å²) in [5.41, 5.74) is -1.49. The number of hydrogen-bond donors (Lipinski definition) is 1. The van der Waals surface area contributed by atoms with Gasteiger partial charge in [-0.25, -0.2) is 31.1 Å². The molecule has 0 saturated heterocycles. The molecule has 2 N–H and O–H groups in total. The Hall–Kier alpha value is -1.15. The maximum Gasteiger partial charge on any atom is 0.274 e. The van der Waals surface area contributed by atoms with Crippen LogP contribution in [0.15, 0.2) is 12.1 Å². The molecule has 1 atom stereocenters. The van der Waals surface area contributed by atoms with Gasteiger partial charge in [0.15, 0.2) is 5.25 Å². The van der Waals surface area contributed by atoms with E-state index in [9.17, 15) is 26.0 Å². The van der Waals surface area contributed by atoms with E-state index in [0.29, 0.717) is 12.1 Å². The Morgan fingerprint density at radius 3 is 2.29 bits per heavy atom. The minimum absolute atomic E-state index is 0.605. The summed E-state index contributed by atoms with van der Waals surface area (Å²) < 4.78 is 75.7. The fourth-order valence-electron chi connectivity index (χ4n) is 2.02. The molecule has 0 radical (unpaired) electrons. The van der Waals surface area contributed by atoms with Crippen LogP contribution < -0.4 is 5.14 Å². The highest BCUT2D eigenvalue weighted by Crippen LogP contribution is 2.48. The molecule has 0 bridgehead atoms. The average molecular weight is 269 g/mol. The lowest BCUT2D eigenvalue weighted by Crippen LogP contribution is -2.33. The molecule has 1 aliphatic carbocycles. The van der Waals surface area contributed by atoms with Crippen LogP contribution in [-0.2, 0) is 16.4 Å². The number of alkyl halides is 2. The van der Waals surface area contributed by atoms with E-state index in [1.54, 1.807) is 0 Å². The molecule has 0 aromatic heterocycles. The molecule has 0 aliphatic heterocycles. The zero-order valence-corrected chi connectivity index (χ0v) is 9.07. The fourth-order valence-corrected chi connectivity index (χ4v) is 3.16. The molecule has 1 aromatic rings. The summed E-state index contributed by atoms with van der Waals surface area (Å²) in [5, 5.41) is 2.13. The van der Waals surface area contributed by atoms with E-state index in [2.05, 4.69) is 5.14 Å². The number of benzene rings is 1. The molecule has 0 fully saturated rings. The van der Waals surface area contributed by atoms with Crippen molar-refractivity contribution in [3.8, 4) is 0 Å². The van der Waals surface area contributed by atoms with Gasteiger partial charge in [-0.05, 0) is 12.1 Å². The van der Waals surface area contributed by atoms with Crippen LogP contribution in [0.4, 0.5) is 17.6 Å². The molecule has 0 unspecified atom stereocenters. The highest BCUT2D eigenvalue weighted by atomic mass is 32.2.